The van der Waals surface area contributed by atoms with Crippen molar-refractivity contribution in [1.29, 1.82) is 0 Å². The molecule has 1 aliphatic carbocycles. The normalized spacial score (nSPS) is 26.4. The van der Waals surface area contributed by atoms with E-state index < -0.39 is 21.4 Å². The molecule has 2 aliphatic rings. The Labute approximate surface area is 156 Å². The van der Waals surface area contributed by atoms with Gasteiger partial charge in [-0.1, -0.05) is 6.42 Å². The molecule has 2 rings (SSSR count). The Bertz CT molecular complexity index is 636. The molecule has 1 saturated heterocycles. The van der Waals surface area contributed by atoms with Gasteiger partial charge in [-0.3, -0.25) is 14.5 Å². The summed E-state index contributed by atoms with van der Waals surface area (Å²) in [6.45, 7) is 5.71. The lowest BCUT2D eigenvalue weighted by molar-refractivity contribution is -0.149. The molecule has 2 N–H and O–H groups in total. The average Bonchev–Trinajstić information content (AvgIpc) is 3.02. The van der Waals surface area contributed by atoms with E-state index in [1.54, 1.807) is 0 Å². The van der Waals surface area contributed by atoms with Crippen LogP contribution in [0.15, 0.2) is 0 Å². The summed E-state index contributed by atoms with van der Waals surface area (Å²) in [6.07, 6.45) is 4.29. The highest BCUT2D eigenvalue weighted by Crippen LogP contribution is 2.48. The minimum Gasteiger partial charge on any atom is -0.481 e. The molecule has 150 valence electrons. The molecule has 1 saturated carbocycles. The highest BCUT2D eigenvalue weighted by molar-refractivity contribution is 7.88. The Balaban J connectivity index is 1.74. The lowest BCUT2D eigenvalue weighted by atomic mass is 9.81. The van der Waals surface area contributed by atoms with E-state index >= 15 is 0 Å². The fraction of sp³-hybridized carbons (Fsp3) is 0.882. The summed E-state index contributed by atoms with van der Waals surface area (Å²) < 4.78 is 24.8. The molecule has 0 aromatic carbocycles. The van der Waals surface area contributed by atoms with Gasteiger partial charge < -0.3 is 10.4 Å². The highest BCUT2D eigenvalue weighted by Gasteiger charge is 2.54. The van der Waals surface area contributed by atoms with Gasteiger partial charge >= 0.3 is 5.97 Å². The Morgan fingerprint density at radius 3 is 2.62 bits per heavy atom. The second kappa shape index (κ2) is 8.22. The molecule has 2 atom stereocenters. The van der Waals surface area contributed by atoms with Gasteiger partial charge in [-0.05, 0) is 39.0 Å². The molecule has 2 fully saturated rings. The summed E-state index contributed by atoms with van der Waals surface area (Å²) in [5.41, 5.74) is -0.673. The molecule has 0 bridgehead atoms. The van der Waals surface area contributed by atoms with Crippen molar-refractivity contribution in [2.75, 3.05) is 39.0 Å². The van der Waals surface area contributed by atoms with Crippen molar-refractivity contribution >= 4 is 21.9 Å². The van der Waals surface area contributed by atoms with Crippen LogP contribution < -0.4 is 5.32 Å². The number of hydrogen-bond donors (Lipinski definition) is 2. The largest absolute Gasteiger partial charge is 0.481 e. The van der Waals surface area contributed by atoms with E-state index in [9.17, 15) is 23.1 Å². The van der Waals surface area contributed by atoms with Crippen LogP contribution in [0.4, 0.5) is 0 Å². The zero-order valence-electron chi connectivity index (χ0n) is 15.9. The summed E-state index contributed by atoms with van der Waals surface area (Å²) in [6, 6.07) is -0.114. The van der Waals surface area contributed by atoms with Crippen molar-refractivity contribution in [1.82, 2.24) is 14.5 Å². The van der Waals surface area contributed by atoms with Crippen LogP contribution in [0.5, 0.6) is 0 Å². The summed E-state index contributed by atoms with van der Waals surface area (Å²) in [4.78, 5) is 25.7. The zero-order chi connectivity index (χ0) is 19.5. The Kier molecular flexibility index (Phi) is 6.68. The third kappa shape index (κ3) is 4.75. The number of nitrogens with one attached hydrogen (secondary N) is 1. The SMILES string of the molecule is CC(C)N(CCCNC(=O)CN1C[C@@H]2CCC[C@@]2(C(=O)O)C1)S(C)(=O)=O. The van der Waals surface area contributed by atoms with E-state index in [-0.39, 0.29) is 24.4 Å². The Hall–Kier alpha value is -1.19. The van der Waals surface area contributed by atoms with Gasteiger partial charge in [0.2, 0.25) is 15.9 Å². The maximum absolute atomic E-state index is 12.1. The maximum Gasteiger partial charge on any atom is 0.311 e. The number of carbonyl (C=O) groups excluding carboxylic acids is 1. The summed E-state index contributed by atoms with van der Waals surface area (Å²) in [5, 5.41) is 12.4. The first kappa shape index (κ1) is 21.1. The first-order chi connectivity index (χ1) is 12.1. The van der Waals surface area contributed by atoms with Gasteiger partial charge in [-0.15, -0.1) is 0 Å². The molecule has 1 heterocycles. The zero-order valence-corrected chi connectivity index (χ0v) is 16.7. The number of nitrogens with zero attached hydrogens (tertiary/aromatic N) is 2. The van der Waals surface area contributed by atoms with Gasteiger partial charge in [0.25, 0.3) is 0 Å². The first-order valence-corrected chi connectivity index (χ1v) is 11.1. The number of carbonyl (C=O) groups is 2. The summed E-state index contributed by atoms with van der Waals surface area (Å²) >= 11 is 0. The summed E-state index contributed by atoms with van der Waals surface area (Å²) in [7, 11) is -3.25. The Morgan fingerprint density at radius 1 is 1.38 bits per heavy atom. The number of fused-ring (bicyclic) bond motifs is 1. The first-order valence-electron chi connectivity index (χ1n) is 9.25. The van der Waals surface area contributed by atoms with Crippen LogP contribution in [0.2, 0.25) is 0 Å². The quantitative estimate of drug-likeness (QED) is 0.551. The molecule has 1 aliphatic heterocycles. The topological polar surface area (TPSA) is 107 Å². The van der Waals surface area contributed by atoms with E-state index in [2.05, 4.69) is 5.32 Å². The number of aliphatic carboxylic acids is 1. The van der Waals surface area contributed by atoms with Gasteiger partial charge in [-0.2, -0.15) is 4.31 Å². The molecule has 0 spiro atoms. The molecule has 1 amide bonds. The predicted molar refractivity (Wildman–Crippen MR) is 98.2 cm³/mol. The van der Waals surface area contributed by atoms with Crippen LogP contribution in [0.1, 0.15) is 39.5 Å². The van der Waals surface area contributed by atoms with E-state index in [1.165, 1.54) is 10.6 Å². The van der Waals surface area contributed by atoms with Crippen molar-refractivity contribution in [3.05, 3.63) is 0 Å². The second-order valence-corrected chi connectivity index (χ2v) is 9.83. The van der Waals surface area contributed by atoms with Crippen molar-refractivity contribution in [3.63, 3.8) is 0 Å². The van der Waals surface area contributed by atoms with Crippen LogP contribution in [-0.4, -0.2) is 79.6 Å². The molecule has 8 nitrogen and oxygen atoms in total. The third-order valence-electron chi connectivity index (χ3n) is 5.61. The molecule has 0 radical (unpaired) electrons. The van der Waals surface area contributed by atoms with E-state index in [1.807, 2.05) is 18.7 Å². The molecule has 9 heteroatoms. The number of rotatable bonds is 9. The maximum atomic E-state index is 12.1. The van der Waals surface area contributed by atoms with Gasteiger partial charge in [0.15, 0.2) is 0 Å². The number of amides is 1. The van der Waals surface area contributed by atoms with Crippen LogP contribution in [0.25, 0.3) is 0 Å². The molecular weight excluding hydrogens is 358 g/mol. The molecular formula is C17H31N3O5S. The fourth-order valence-corrected chi connectivity index (χ4v) is 5.62. The Morgan fingerprint density at radius 2 is 2.08 bits per heavy atom. The van der Waals surface area contributed by atoms with E-state index in [0.717, 1.165) is 12.8 Å². The van der Waals surface area contributed by atoms with Gasteiger partial charge in [0.05, 0.1) is 18.2 Å². The van der Waals surface area contributed by atoms with Crippen LogP contribution in [0, 0.1) is 11.3 Å². The van der Waals surface area contributed by atoms with Crippen molar-refractivity contribution in [2.45, 2.75) is 45.6 Å². The average molecular weight is 390 g/mol. The van der Waals surface area contributed by atoms with Crippen LogP contribution in [-0.2, 0) is 19.6 Å². The van der Waals surface area contributed by atoms with Gasteiger partial charge in [-0.25, -0.2) is 8.42 Å². The number of likely N-dealkylation sites (tertiary alicyclic amines) is 1. The minimum atomic E-state index is -3.25. The number of carboxylic acid groups (broad SMARTS) is 1. The van der Waals surface area contributed by atoms with Crippen molar-refractivity contribution in [2.24, 2.45) is 11.3 Å². The van der Waals surface area contributed by atoms with Gasteiger partial charge in [0.1, 0.15) is 0 Å². The van der Waals surface area contributed by atoms with E-state index in [0.29, 0.717) is 39.0 Å². The van der Waals surface area contributed by atoms with Gasteiger partial charge in [0, 0.05) is 32.2 Å². The van der Waals surface area contributed by atoms with Crippen molar-refractivity contribution in [3.8, 4) is 0 Å². The lowest BCUT2D eigenvalue weighted by Crippen LogP contribution is -2.41. The van der Waals surface area contributed by atoms with Crippen LogP contribution in [0.3, 0.4) is 0 Å². The second-order valence-electron chi connectivity index (χ2n) is 7.89. The minimum absolute atomic E-state index is 0.114. The predicted octanol–water partition coefficient (Wildman–Crippen LogP) is 0.349. The molecule has 26 heavy (non-hydrogen) atoms. The van der Waals surface area contributed by atoms with Crippen molar-refractivity contribution < 1.29 is 23.1 Å². The smallest absolute Gasteiger partial charge is 0.311 e. The number of hydrogen-bond acceptors (Lipinski definition) is 5. The molecule has 0 unspecified atom stereocenters. The summed E-state index contributed by atoms with van der Waals surface area (Å²) in [5.74, 6) is -0.736. The third-order valence-corrected chi connectivity index (χ3v) is 7.07. The molecule has 0 aromatic heterocycles. The van der Waals surface area contributed by atoms with Crippen LogP contribution >= 0.6 is 0 Å². The van der Waals surface area contributed by atoms with E-state index in [4.69, 9.17) is 0 Å². The highest BCUT2D eigenvalue weighted by atomic mass is 32.2. The standard InChI is InChI=1S/C17H31N3O5S/c1-13(2)20(26(3,24)25)9-5-8-18-15(21)11-19-10-14-6-4-7-17(14,12-19)16(22)23/h13-14H,4-12H2,1-3H3,(H,18,21)(H,22,23)/t14-,17+/m0/s1. The number of sulfonamides is 1. The fourth-order valence-electron chi connectivity index (χ4n) is 4.39. The lowest BCUT2D eigenvalue weighted by Gasteiger charge is -2.24. The molecule has 0 aromatic rings. The number of carboxylic acids is 1. The monoisotopic (exact) mass is 389 g/mol.